The Morgan fingerprint density at radius 3 is 2.05 bits per heavy atom. The van der Waals surface area contributed by atoms with Crippen LogP contribution in [-0.4, -0.2) is 107 Å². The summed E-state index contributed by atoms with van der Waals surface area (Å²) in [6, 6.07) is 6.68. The predicted octanol–water partition coefficient (Wildman–Crippen LogP) is 6.36. The number of para-hydroxylation sites is 1. The van der Waals surface area contributed by atoms with Crippen molar-refractivity contribution < 1.29 is 37.8 Å². The molecule has 1 aromatic rings. The average Bonchev–Trinajstić information content (AvgIpc) is 3.09. The molecular weight excluding hydrogens is 743 g/mol. The van der Waals surface area contributed by atoms with E-state index in [4.69, 9.17) is 24.4 Å². The lowest BCUT2D eigenvalue weighted by Crippen LogP contribution is -2.55. The van der Waals surface area contributed by atoms with E-state index in [2.05, 4.69) is 68.6 Å². The van der Waals surface area contributed by atoms with Crippen LogP contribution in [0.25, 0.3) is 0 Å². The second-order valence-electron chi connectivity index (χ2n) is 19.5. The van der Waals surface area contributed by atoms with Crippen LogP contribution in [0.5, 0.6) is 5.75 Å². The average molecular weight is 820 g/mol. The number of benzene rings is 1. The minimum absolute atomic E-state index is 0.0919. The summed E-state index contributed by atoms with van der Waals surface area (Å²) in [6.07, 6.45) is -0.423. The normalized spacial score (nSPS) is 16.7. The number of nitrogens with one attached hydrogen (secondary N) is 3. The SMILES string of the molecule is CC(C)[C@@H](CNC(=O)c1ccccc1OCCN1CCOCC1)C[C@H](NC(=O)OC(C)(C)C)[C@H](C[C@H](C(=O)NCC(C)(C)C(N)=O)C(C)C)O[Si](C)(C)C(C)(C)C. The van der Waals surface area contributed by atoms with Gasteiger partial charge in [0.05, 0.1) is 36.3 Å². The maximum atomic E-state index is 13.9. The number of amides is 4. The van der Waals surface area contributed by atoms with Gasteiger partial charge in [0.25, 0.3) is 5.91 Å². The van der Waals surface area contributed by atoms with E-state index < -0.39 is 49.4 Å². The quantitative estimate of drug-likeness (QED) is 0.103. The fourth-order valence-corrected chi connectivity index (χ4v) is 7.57. The summed E-state index contributed by atoms with van der Waals surface area (Å²) in [7, 11) is -2.49. The summed E-state index contributed by atoms with van der Waals surface area (Å²) in [5.41, 5.74) is 4.39. The number of alkyl carbamates (subject to hydrolysis) is 1. The monoisotopic (exact) mass is 820 g/mol. The Bertz CT molecular complexity index is 1450. The molecule has 326 valence electrons. The second-order valence-corrected chi connectivity index (χ2v) is 24.2. The van der Waals surface area contributed by atoms with Gasteiger partial charge in [-0.25, -0.2) is 4.79 Å². The molecule has 1 heterocycles. The Hall–Kier alpha value is -3.20. The van der Waals surface area contributed by atoms with Crippen molar-refractivity contribution in [2.24, 2.45) is 34.8 Å². The van der Waals surface area contributed by atoms with Gasteiger partial charge >= 0.3 is 6.09 Å². The van der Waals surface area contributed by atoms with Crippen LogP contribution in [-0.2, 0) is 23.5 Å². The van der Waals surface area contributed by atoms with Gasteiger partial charge in [0.2, 0.25) is 11.8 Å². The van der Waals surface area contributed by atoms with E-state index >= 15 is 0 Å². The van der Waals surface area contributed by atoms with E-state index in [9.17, 15) is 19.2 Å². The highest BCUT2D eigenvalue weighted by molar-refractivity contribution is 6.74. The lowest BCUT2D eigenvalue weighted by molar-refractivity contribution is -0.130. The number of carbonyl (C=O) groups excluding carboxylic acids is 4. The van der Waals surface area contributed by atoms with Crippen LogP contribution in [0.3, 0.4) is 0 Å². The lowest BCUT2D eigenvalue weighted by atomic mass is 9.82. The molecule has 1 aromatic carbocycles. The summed E-state index contributed by atoms with van der Waals surface area (Å²) in [4.78, 5) is 55.6. The molecule has 0 radical (unpaired) electrons. The zero-order valence-corrected chi connectivity index (χ0v) is 38.6. The Morgan fingerprint density at radius 2 is 1.51 bits per heavy atom. The zero-order valence-electron chi connectivity index (χ0n) is 37.6. The number of morpholine rings is 1. The molecule has 0 unspecified atom stereocenters. The van der Waals surface area contributed by atoms with Crippen LogP contribution in [0.4, 0.5) is 4.79 Å². The standard InChI is InChI=1S/C43H77N5O8Si/c1-29(2)31(27-45-37(49)32-17-15-16-18-35(32)54-24-21-48-19-22-53-23-20-48)25-34(47-40(52)55-41(5,6)7)36(56-57(13,14)42(8,9)10)26-33(30(3)4)38(50)46-28-43(11,12)39(44)51/h15-18,29-31,33-34,36H,19-28H2,1-14H3,(H2,44,51)(H,45,49)(H,46,50)(H,47,52)/t31-,33+,34+,36+/m1/s1. The number of nitrogens with zero attached hydrogens (tertiary/aromatic N) is 1. The summed E-state index contributed by atoms with van der Waals surface area (Å²) in [6.45, 7) is 32.5. The molecular formula is C43H77N5O8Si. The molecule has 13 nitrogen and oxygen atoms in total. The van der Waals surface area contributed by atoms with Crippen molar-refractivity contribution in [3.8, 4) is 5.75 Å². The van der Waals surface area contributed by atoms with Gasteiger partial charge in [-0.2, -0.15) is 0 Å². The second kappa shape index (κ2) is 21.7. The molecule has 0 aliphatic carbocycles. The van der Waals surface area contributed by atoms with Crippen LogP contribution in [0.15, 0.2) is 24.3 Å². The van der Waals surface area contributed by atoms with Crippen LogP contribution >= 0.6 is 0 Å². The zero-order chi connectivity index (χ0) is 43.4. The highest BCUT2D eigenvalue weighted by Gasteiger charge is 2.43. The Labute approximate surface area is 344 Å². The highest BCUT2D eigenvalue weighted by atomic mass is 28.4. The fourth-order valence-electron chi connectivity index (χ4n) is 6.20. The maximum Gasteiger partial charge on any atom is 0.407 e. The van der Waals surface area contributed by atoms with Gasteiger partial charge in [-0.1, -0.05) is 60.6 Å². The molecule has 14 heteroatoms. The van der Waals surface area contributed by atoms with Crippen molar-refractivity contribution in [1.29, 1.82) is 0 Å². The number of primary amides is 1. The third-order valence-electron chi connectivity index (χ3n) is 11.3. The highest BCUT2D eigenvalue weighted by Crippen LogP contribution is 2.39. The molecule has 1 aliphatic heterocycles. The predicted molar refractivity (Wildman–Crippen MR) is 229 cm³/mol. The van der Waals surface area contributed by atoms with E-state index in [0.717, 1.165) is 19.6 Å². The molecule has 2 rings (SSSR count). The molecule has 4 atom stereocenters. The van der Waals surface area contributed by atoms with Gasteiger partial charge in [0.1, 0.15) is 18.0 Å². The van der Waals surface area contributed by atoms with Gasteiger partial charge in [-0.15, -0.1) is 0 Å². The first-order valence-electron chi connectivity index (χ1n) is 20.8. The molecule has 5 N–H and O–H groups in total. The minimum atomic E-state index is -2.49. The Kier molecular flexibility index (Phi) is 19.0. The molecule has 0 saturated carbocycles. The van der Waals surface area contributed by atoms with Crippen molar-refractivity contribution >= 4 is 32.1 Å². The number of ether oxygens (including phenoxy) is 3. The number of nitrogens with two attached hydrogens (primary N) is 1. The molecule has 57 heavy (non-hydrogen) atoms. The molecule has 1 saturated heterocycles. The van der Waals surface area contributed by atoms with Crippen molar-refractivity contribution in [2.45, 2.75) is 132 Å². The van der Waals surface area contributed by atoms with Crippen molar-refractivity contribution in [1.82, 2.24) is 20.9 Å². The summed E-state index contributed by atoms with van der Waals surface area (Å²) >= 11 is 0. The van der Waals surface area contributed by atoms with Gasteiger partial charge < -0.3 is 40.3 Å². The van der Waals surface area contributed by atoms with Gasteiger partial charge in [-0.3, -0.25) is 19.3 Å². The van der Waals surface area contributed by atoms with E-state index in [1.165, 1.54) is 0 Å². The van der Waals surface area contributed by atoms with Crippen LogP contribution in [0.1, 0.15) is 106 Å². The van der Waals surface area contributed by atoms with Crippen molar-refractivity contribution in [3.63, 3.8) is 0 Å². The van der Waals surface area contributed by atoms with E-state index in [-0.39, 0.29) is 41.2 Å². The molecule has 1 fully saturated rings. The van der Waals surface area contributed by atoms with Gasteiger partial charge in [-0.05, 0) is 95.5 Å². The van der Waals surface area contributed by atoms with Crippen molar-refractivity contribution in [3.05, 3.63) is 29.8 Å². The fraction of sp³-hybridized carbons (Fsp3) is 0.767. The van der Waals surface area contributed by atoms with Crippen LogP contribution in [0, 0.1) is 29.1 Å². The minimum Gasteiger partial charge on any atom is -0.491 e. The third-order valence-corrected chi connectivity index (χ3v) is 15.8. The Morgan fingerprint density at radius 1 is 0.895 bits per heavy atom. The Balaban J connectivity index is 2.45. The maximum absolute atomic E-state index is 13.9. The van der Waals surface area contributed by atoms with E-state index in [1.807, 2.05) is 52.8 Å². The summed E-state index contributed by atoms with van der Waals surface area (Å²) in [5, 5.41) is 9.13. The number of hydrogen-bond donors (Lipinski definition) is 4. The van der Waals surface area contributed by atoms with Gasteiger partial charge in [0.15, 0.2) is 8.32 Å². The number of carbonyl (C=O) groups is 4. The summed E-state index contributed by atoms with van der Waals surface area (Å²) < 4.78 is 24.5. The van der Waals surface area contributed by atoms with Crippen LogP contribution < -0.4 is 26.4 Å². The molecule has 0 aromatic heterocycles. The molecule has 1 aliphatic rings. The lowest BCUT2D eigenvalue weighted by Gasteiger charge is -2.43. The van der Waals surface area contributed by atoms with Crippen LogP contribution in [0.2, 0.25) is 18.1 Å². The number of hydrogen-bond acceptors (Lipinski definition) is 9. The summed E-state index contributed by atoms with van der Waals surface area (Å²) in [5.74, 6) is -1.04. The molecule has 0 spiro atoms. The van der Waals surface area contributed by atoms with E-state index in [0.29, 0.717) is 50.5 Å². The molecule has 4 amide bonds. The topological polar surface area (TPSA) is 171 Å². The first-order valence-corrected chi connectivity index (χ1v) is 23.7. The van der Waals surface area contributed by atoms with Gasteiger partial charge in [0, 0.05) is 38.6 Å². The first-order chi connectivity index (χ1) is 26.2. The molecule has 0 bridgehead atoms. The first kappa shape index (κ1) is 49.9. The van der Waals surface area contributed by atoms with Crippen molar-refractivity contribution in [2.75, 3.05) is 52.5 Å². The number of rotatable bonds is 21. The van der Waals surface area contributed by atoms with E-state index in [1.54, 1.807) is 19.9 Å². The third kappa shape index (κ3) is 16.9. The smallest absolute Gasteiger partial charge is 0.407 e. The largest absolute Gasteiger partial charge is 0.491 e.